The molecule has 0 aromatic heterocycles. The third-order valence-corrected chi connectivity index (χ3v) is 5.34. The Labute approximate surface area is 158 Å². The minimum atomic E-state index is -0.448. The summed E-state index contributed by atoms with van der Waals surface area (Å²) >= 11 is 0. The molecule has 0 bridgehead atoms. The molecule has 2 N–H and O–H groups in total. The highest BCUT2D eigenvalue weighted by atomic mass is 16.2. The Bertz CT molecular complexity index is 1060. The molecule has 0 saturated carbocycles. The van der Waals surface area contributed by atoms with Gasteiger partial charge < -0.3 is 10.6 Å². The van der Waals surface area contributed by atoms with Gasteiger partial charge in [-0.25, -0.2) is 0 Å². The minimum Gasteiger partial charge on any atom is -0.354 e. The summed E-state index contributed by atoms with van der Waals surface area (Å²) < 4.78 is 0. The van der Waals surface area contributed by atoms with Gasteiger partial charge >= 0.3 is 0 Å². The van der Waals surface area contributed by atoms with Crippen molar-refractivity contribution in [2.45, 2.75) is 26.3 Å². The molecule has 1 unspecified atom stereocenters. The van der Waals surface area contributed by atoms with E-state index in [4.69, 9.17) is 0 Å². The Morgan fingerprint density at radius 2 is 1.78 bits per heavy atom. The number of hydrogen-bond donors (Lipinski definition) is 2. The highest BCUT2D eigenvalue weighted by molar-refractivity contribution is 6.11. The van der Waals surface area contributed by atoms with Crippen LogP contribution < -0.4 is 10.6 Å². The molecule has 136 valence electrons. The van der Waals surface area contributed by atoms with Crippen molar-refractivity contribution in [3.8, 4) is 11.1 Å². The first-order chi connectivity index (χ1) is 13.0. The summed E-state index contributed by atoms with van der Waals surface area (Å²) in [6, 6.07) is 17.7. The van der Waals surface area contributed by atoms with Crippen LogP contribution >= 0.6 is 0 Å². The fourth-order valence-electron chi connectivity index (χ4n) is 3.63. The van der Waals surface area contributed by atoms with Crippen LogP contribution in [0.1, 0.15) is 27.9 Å². The maximum atomic E-state index is 12.8. The number of rotatable bonds is 3. The molecule has 1 aliphatic heterocycles. The van der Waals surface area contributed by atoms with Gasteiger partial charge in [-0.05, 0) is 59.4 Å². The van der Waals surface area contributed by atoms with Crippen LogP contribution in [0.5, 0.6) is 0 Å². The first kappa shape index (κ1) is 17.3. The van der Waals surface area contributed by atoms with Gasteiger partial charge in [-0.1, -0.05) is 48.5 Å². The van der Waals surface area contributed by atoms with Crippen molar-refractivity contribution in [2.75, 3.05) is 6.54 Å². The van der Waals surface area contributed by atoms with Crippen LogP contribution in [0.15, 0.2) is 54.6 Å². The Morgan fingerprint density at radius 3 is 2.48 bits per heavy atom. The summed E-state index contributed by atoms with van der Waals surface area (Å²) in [7, 11) is 0. The molecule has 4 rings (SSSR count). The fourth-order valence-corrected chi connectivity index (χ4v) is 3.63. The highest BCUT2D eigenvalue weighted by Crippen LogP contribution is 2.32. The van der Waals surface area contributed by atoms with Gasteiger partial charge in [0, 0.05) is 12.1 Å². The Hall–Kier alpha value is -3.14. The fraction of sp³-hybridized carbons (Fsp3) is 0.217. The van der Waals surface area contributed by atoms with Crippen LogP contribution in [0.3, 0.4) is 0 Å². The van der Waals surface area contributed by atoms with E-state index in [9.17, 15) is 9.59 Å². The van der Waals surface area contributed by atoms with Crippen LogP contribution in [-0.2, 0) is 4.79 Å². The topological polar surface area (TPSA) is 58.2 Å². The number of hydrogen-bond acceptors (Lipinski definition) is 2. The number of carbonyl (C=O) groups excluding carboxylic acids is 2. The average molecular weight is 358 g/mol. The lowest BCUT2D eigenvalue weighted by Gasteiger charge is -2.14. The second kappa shape index (κ2) is 6.88. The number of carbonyl (C=O) groups is 2. The lowest BCUT2D eigenvalue weighted by atomic mass is 9.93. The van der Waals surface area contributed by atoms with E-state index >= 15 is 0 Å². The molecule has 1 saturated heterocycles. The van der Waals surface area contributed by atoms with E-state index in [0.29, 0.717) is 18.5 Å². The predicted octanol–water partition coefficient (Wildman–Crippen LogP) is 3.74. The number of aryl methyl sites for hydroxylation is 2. The molecule has 1 fully saturated rings. The number of amides is 2. The van der Waals surface area contributed by atoms with Gasteiger partial charge in [-0.2, -0.15) is 0 Å². The molecule has 4 heteroatoms. The molecule has 1 aliphatic rings. The van der Waals surface area contributed by atoms with Gasteiger partial charge in [0.1, 0.15) is 6.04 Å². The summed E-state index contributed by atoms with van der Waals surface area (Å²) in [6.07, 6.45) is 0.628. The van der Waals surface area contributed by atoms with Crippen LogP contribution in [0, 0.1) is 13.8 Å². The summed E-state index contributed by atoms with van der Waals surface area (Å²) in [4.78, 5) is 24.6. The average Bonchev–Trinajstić information content (AvgIpc) is 3.07. The van der Waals surface area contributed by atoms with Crippen LogP contribution in [0.4, 0.5) is 0 Å². The standard InChI is InChI=1S/C23H22N2O2/c1-14-7-8-16(13-15(14)2)17-9-10-20(19-6-4-3-5-18(17)19)22(26)25-21-11-12-24-23(21)27/h3-10,13,21H,11-12H2,1-2H3,(H,24,27)(H,25,26). The van der Waals surface area contributed by atoms with Crippen molar-refractivity contribution in [1.82, 2.24) is 10.6 Å². The summed E-state index contributed by atoms with van der Waals surface area (Å²) in [6.45, 7) is 4.82. The van der Waals surface area contributed by atoms with E-state index in [2.05, 4.69) is 42.7 Å². The molecule has 1 atom stereocenters. The highest BCUT2D eigenvalue weighted by Gasteiger charge is 2.26. The SMILES string of the molecule is Cc1ccc(-c2ccc(C(=O)NC3CCNC3=O)c3ccccc23)cc1C. The zero-order valence-electron chi connectivity index (χ0n) is 15.5. The van der Waals surface area contributed by atoms with Crippen LogP contribution in [-0.4, -0.2) is 24.4 Å². The lowest BCUT2D eigenvalue weighted by Crippen LogP contribution is -2.40. The van der Waals surface area contributed by atoms with E-state index < -0.39 is 6.04 Å². The number of nitrogens with one attached hydrogen (secondary N) is 2. The van der Waals surface area contributed by atoms with Gasteiger partial charge in [0.15, 0.2) is 0 Å². The number of fused-ring (bicyclic) bond motifs is 1. The Morgan fingerprint density at radius 1 is 1.00 bits per heavy atom. The molecule has 0 aliphatic carbocycles. The van der Waals surface area contributed by atoms with E-state index in [1.165, 1.54) is 11.1 Å². The minimum absolute atomic E-state index is 0.112. The summed E-state index contributed by atoms with van der Waals surface area (Å²) in [5.74, 6) is -0.320. The molecule has 3 aromatic rings. The molecule has 0 spiro atoms. The van der Waals surface area contributed by atoms with Crippen molar-refractivity contribution >= 4 is 22.6 Å². The van der Waals surface area contributed by atoms with Crippen molar-refractivity contribution < 1.29 is 9.59 Å². The Kier molecular flexibility index (Phi) is 4.40. The molecule has 27 heavy (non-hydrogen) atoms. The lowest BCUT2D eigenvalue weighted by molar-refractivity contribution is -0.120. The summed E-state index contributed by atoms with van der Waals surface area (Å²) in [5, 5.41) is 7.54. The molecule has 4 nitrogen and oxygen atoms in total. The first-order valence-corrected chi connectivity index (χ1v) is 9.22. The van der Waals surface area contributed by atoms with Crippen molar-refractivity contribution in [3.63, 3.8) is 0 Å². The van der Waals surface area contributed by atoms with Crippen molar-refractivity contribution in [2.24, 2.45) is 0 Å². The van der Waals surface area contributed by atoms with Gasteiger partial charge in [0.05, 0.1) is 0 Å². The molecule has 0 radical (unpaired) electrons. The third kappa shape index (κ3) is 3.19. The third-order valence-electron chi connectivity index (χ3n) is 5.34. The molecular weight excluding hydrogens is 336 g/mol. The molecule has 3 aromatic carbocycles. The normalized spacial score (nSPS) is 16.4. The van der Waals surface area contributed by atoms with E-state index in [1.807, 2.05) is 36.4 Å². The number of benzene rings is 3. The Balaban J connectivity index is 1.77. The molecule has 2 amide bonds. The quantitative estimate of drug-likeness (QED) is 0.749. The zero-order valence-corrected chi connectivity index (χ0v) is 15.5. The van der Waals surface area contributed by atoms with E-state index in [0.717, 1.165) is 21.9 Å². The van der Waals surface area contributed by atoms with E-state index in [1.54, 1.807) is 0 Å². The zero-order chi connectivity index (χ0) is 19.0. The van der Waals surface area contributed by atoms with Gasteiger partial charge in [-0.3, -0.25) is 9.59 Å². The van der Waals surface area contributed by atoms with Gasteiger partial charge in [0.2, 0.25) is 5.91 Å². The largest absolute Gasteiger partial charge is 0.354 e. The second-order valence-electron chi connectivity index (χ2n) is 7.11. The maximum absolute atomic E-state index is 12.8. The molecule has 1 heterocycles. The van der Waals surface area contributed by atoms with Gasteiger partial charge in [-0.15, -0.1) is 0 Å². The van der Waals surface area contributed by atoms with E-state index in [-0.39, 0.29) is 11.8 Å². The predicted molar refractivity (Wildman–Crippen MR) is 108 cm³/mol. The van der Waals surface area contributed by atoms with Gasteiger partial charge in [0.25, 0.3) is 5.91 Å². The monoisotopic (exact) mass is 358 g/mol. The second-order valence-corrected chi connectivity index (χ2v) is 7.11. The first-order valence-electron chi connectivity index (χ1n) is 9.22. The van der Waals surface area contributed by atoms with Crippen LogP contribution in [0.2, 0.25) is 0 Å². The van der Waals surface area contributed by atoms with Crippen molar-refractivity contribution in [1.29, 1.82) is 0 Å². The smallest absolute Gasteiger partial charge is 0.252 e. The molecular formula is C23H22N2O2. The summed E-state index contributed by atoms with van der Waals surface area (Å²) in [5.41, 5.74) is 5.33. The maximum Gasteiger partial charge on any atom is 0.252 e. The van der Waals surface area contributed by atoms with Crippen molar-refractivity contribution in [3.05, 3.63) is 71.3 Å². The van der Waals surface area contributed by atoms with Crippen LogP contribution in [0.25, 0.3) is 21.9 Å².